The summed E-state index contributed by atoms with van der Waals surface area (Å²) in [5.41, 5.74) is -0.494. The van der Waals surface area contributed by atoms with E-state index in [1.54, 1.807) is 11.9 Å². The smallest absolute Gasteiger partial charge is 0.410 e. The van der Waals surface area contributed by atoms with Crippen molar-refractivity contribution in [2.45, 2.75) is 57.3 Å². The minimum Gasteiger partial charge on any atom is -0.478 e. The summed E-state index contributed by atoms with van der Waals surface area (Å²) < 4.78 is 11.1. The highest BCUT2D eigenvalue weighted by atomic mass is 32.2. The summed E-state index contributed by atoms with van der Waals surface area (Å²) in [6, 6.07) is 1.96. The molecule has 0 N–H and O–H groups in total. The van der Waals surface area contributed by atoms with E-state index in [0.717, 1.165) is 25.2 Å². The molecule has 8 heteroatoms. The Bertz CT molecular complexity index is 621. The predicted octanol–water partition coefficient (Wildman–Crippen LogP) is 3.43. The maximum absolute atomic E-state index is 12.4. The zero-order chi connectivity index (χ0) is 19.3. The van der Waals surface area contributed by atoms with Gasteiger partial charge in [-0.15, -0.1) is 0 Å². The van der Waals surface area contributed by atoms with Gasteiger partial charge in [0.1, 0.15) is 11.4 Å². The maximum atomic E-state index is 12.4. The molecule has 1 aliphatic rings. The number of hydrogen-bond donors (Lipinski definition) is 0. The van der Waals surface area contributed by atoms with Crippen molar-refractivity contribution in [2.24, 2.45) is 0 Å². The van der Waals surface area contributed by atoms with Crippen molar-refractivity contribution in [3.63, 3.8) is 0 Å². The lowest BCUT2D eigenvalue weighted by Crippen LogP contribution is -2.50. The molecule has 1 aliphatic heterocycles. The lowest BCUT2D eigenvalue weighted by Gasteiger charge is -2.38. The normalized spacial score (nSPS) is 17.8. The van der Waals surface area contributed by atoms with Gasteiger partial charge in [0.15, 0.2) is 5.16 Å². The molecule has 0 aromatic carbocycles. The third kappa shape index (κ3) is 5.65. The van der Waals surface area contributed by atoms with Gasteiger partial charge in [-0.1, -0.05) is 11.8 Å². The van der Waals surface area contributed by atoms with E-state index in [1.165, 1.54) is 11.8 Å². The third-order valence-electron chi connectivity index (χ3n) is 4.09. The van der Waals surface area contributed by atoms with Crippen LogP contribution >= 0.6 is 11.8 Å². The second-order valence-electron chi connectivity index (χ2n) is 7.32. The zero-order valence-electron chi connectivity index (χ0n) is 16.6. The largest absolute Gasteiger partial charge is 0.478 e. The first-order valence-corrected chi connectivity index (χ1v) is 10.2. The second kappa shape index (κ2) is 8.79. The molecule has 1 unspecified atom stereocenters. The van der Waals surface area contributed by atoms with Gasteiger partial charge in [-0.2, -0.15) is 4.98 Å². The molecule has 0 saturated carbocycles. The van der Waals surface area contributed by atoms with Crippen LogP contribution in [0.3, 0.4) is 0 Å². The Morgan fingerprint density at radius 2 is 2.15 bits per heavy atom. The fourth-order valence-electron chi connectivity index (χ4n) is 2.83. The van der Waals surface area contributed by atoms with Crippen molar-refractivity contribution < 1.29 is 14.3 Å². The van der Waals surface area contributed by atoms with E-state index in [0.29, 0.717) is 24.2 Å². The molecule has 2 rings (SSSR count). The van der Waals surface area contributed by atoms with Gasteiger partial charge in [0.2, 0.25) is 5.88 Å². The van der Waals surface area contributed by atoms with E-state index in [4.69, 9.17) is 9.47 Å². The Kier molecular flexibility index (Phi) is 6.97. The first-order valence-electron chi connectivity index (χ1n) is 9.00. The number of amides is 1. The molecule has 1 saturated heterocycles. The molecule has 0 bridgehead atoms. The molecular formula is C18H30N4O3S. The van der Waals surface area contributed by atoms with Gasteiger partial charge in [0, 0.05) is 26.2 Å². The summed E-state index contributed by atoms with van der Waals surface area (Å²) in [5, 5.41) is 0.688. The second-order valence-corrected chi connectivity index (χ2v) is 8.09. The number of hydrogen-bond acceptors (Lipinski definition) is 7. The molecular weight excluding hydrogens is 352 g/mol. The van der Waals surface area contributed by atoms with Crippen LogP contribution < -0.4 is 9.64 Å². The first-order chi connectivity index (χ1) is 12.2. The Hall–Kier alpha value is -1.70. The van der Waals surface area contributed by atoms with E-state index in [-0.39, 0.29) is 12.1 Å². The Labute approximate surface area is 160 Å². The summed E-state index contributed by atoms with van der Waals surface area (Å²) in [6.07, 6.45) is 3.60. The highest BCUT2D eigenvalue weighted by Gasteiger charge is 2.30. The average molecular weight is 383 g/mol. The van der Waals surface area contributed by atoms with Crippen molar-refractivity contribution in [1.29, 1.82) is 0 Å². The minimum atomic E-state index is -0.494. The fraction of sp³-hybridized carbons (Fsp3) is 0.722. The van der Waals surface area contributed by atoms with E-state index in [2.05, 4.69) is 14.9 Å². The topological polar surface area (TPSA) is 67.8 Å². The molecule has 0 spiro atoms. The lowest BCUT2D eigenvalue weighted by atomic mass is 10.0. The monoisotopic (exact) mass is 382 g/mol. The molecule has 1 aromatic heterocycles. The van der Waals surface area contributed by atoms with Gasteiger partial charge >= 0.3 is 6.09 Å². The predicted molar refractivity (Wildman–Crippen MR) is 104 cm³/mol. The summed E-state index contributed by atoms with van der Waals surface area (Å²) >= 11 is 1.49. The SMILES string of the molecule is CCOc1cc(N2CCCC(N(C)C(=O)OC(C)(C)C)C2)nc(SC)n1. The molecule has 2 heterocycles. The number of carbonyl (C=O) groups excluding carboxylic acids is 1. The van der Waals surface area contributed by atoms with Gasteiger partial charge in [-0.05, 0) is 46.8 Å². The average Bonchev–Trinajstić information content (AvgIpc) is 2.59. The third-order valence-corrected chi connectivity index (χ3v) is 4.64. The van der Waals surface area contributed by atoms with Gasteiger partial charge in [0.05, 0.1) is 12.6 Å². The molecule has 1 aromatic rings. The molecule has 0 aliphatic carbocycles. The zero-order valence-corrected chi connectivity index (χ0v) is 17.4. The minimum absolute atomic E-state index is 0.0850. The molecule has 26 heavy (non-hydrogen) atoms. The number of aromatic nitrogens is 2. The molecule has 1 atom stereocenters. The molecule has 146 valence electrons. The van der Waals surface area contributed by atoms with Gasteiger partial charge in [-0.25, -0.2) is 9.78 Å². The van der Waals surface area contributed by atoms with Crippen molar-refractivity contribution in [2.75, 3.05) is 37.9 Å². The quantitative estimate of drug-likeness (QED) is 0.571. The van der Waals surface area contributed by atoms with Crippen LogP contribution in [0.1, 0.15) is 40.5 Å². The van der Waals surface area contributed by atoms with E-state index in [9.17, 15) is 4.79 Å². The summed E-state index contributed by atoms with van der Waals surface area (Å²) in [7, 11) is 1.81. The molecule has 7 nitrogen and oxygen atoms in total. The van der Waals surface area contributed by atoms with E-state index < -0.39 is 5.60 Å². The summed E-state index contributed by atoms with van der Waals surface area (Å²) in [5.74, 6) is 1.43. The van der Waals surface area contributed by atoms with Crippen molar-refractivity contribution in [3.05, 3.63) is 6.07 Å². The van der Waals surface area contributed by atoms with E-state index in [1.807, 2.05) is 40.0 Å². The molecule has 0 radical (unpaired) electrons. The summed E-state index contributed by atoms with van der Waals surface area (Å²) in [6.45, 7) is 9.76. The van der Waals surface area contributed by atoms with Crippen molar-refractivity contribution >= 4 is 23.7 Å². The maximum Gasteiger partial charge on any atom is 0.410 e. The Balaban J connectivity index is 2.12. The number of thioether (sulfide) groups is 1. The van der Waals surface area contributed by atoms with Crippen molar-refractivity contribution in [1.82, 2.24) is 14.9 Å². The highest BCUT2D eigenvalue weighted by Crippen LogP contribution is 2.26. The fourth-order valence-corrected chi connectivity index (χ4v) is 3.20. The standard InChI is InChI=1S/C18H30N4O3S/c1-7-24-15-11-14(19-16(20-15)26-6)22-10-8-9-13(12-22)21(5)17(23)25-18(2,3)4/h11,13H,7-10,12H2,1-6H3. The Morgan fingerprint density at radius 3 is 2.77 bits per heavy atom. The van der Waals surface area contributed by atoms with E-state index >= 15 is 0 Å². The number of nitrogens with zero attached hydrogens (tertiary/aromatic N) is 4. The van der Waals surface area contributed by atoms with Crippen LogP contribution in [0.15, 0.2) is 11.2 Å². The number of ether oxygens (including phenoxy) is 2. The Morgan fingerprint density at radius 1 is 1.42 bits per heavy atom. The first kappa shape index (κ1) is 20.6. The number of carbonyl (C=O) groups is 1. The van der Waals surface area contributed by atoms with Crippen LogP contribution in [0.4, 0.5) is 10.6 Å². The van der Waals surface area contributed by atoms with Gasteiger partial charge in [0.25, 0.3) is 0 Å². The number of likely N-dealkylation sites (N-methyl/N-ethyl adjacent to an activating group) is 1. The van der Waals surface area contributed by atoms with Crippen LogP contribution in [0.25, 0.3) is 0 Å². The van der Waals surface area contributed by atoms with Gasteiger partial charge < -0.3 is 19.3 Å². The number of anilines is 1. The van der Waals surface area contributed by atoms with Crippen molar-refractivity contribution in [3.8, 4) is 5.88 Å². The lowest BCUT2D eigenvalue weighted by molar-refractivity contribution is 0.0209. The van der Waals surface area contributed by atoms with Crippen LogP contribution in [-0.4, -0.2) is 65.6 Å². The van der Waals surface area contributed by atoms with Crippen LogP contribution in [0.5, 0.6) is 5.88 Å². The van der Waals surface area contributed by atoms with Gasteiger partial charge in [-0.3, -0.25) is 0 Å². The van der Waals surface area contributed by atoms with Crippen LogP contribution in [-0.2, 0) is 4.74 Å². The molecule has 1 fully saturated rings. The summed E-state index contributed by atoms with van der Waals surface area (Å²) in [4.78, 5) is 25.3. The van der Waals surface area contributed by atoms with Crippen LogP contribution in [0, 0.1) is 0 Å². The molecule has 1 amide bonds. The number of piperidine rings is 1. The highest BCUT2D eigenvalue weighted by molar-refractivity contribution is 7.98. The number of rotatable bonds is 5. The van der Waals surface area contributed by atoms with Crippen LogP contribution in [0.2, 0.25) is 0 Å².